The lowest BCUT2D eigenvalue weighted by molar-refractivity contribution is -0.0437. The first-order chi connectivity index (χ1) is 6.27. The largest absolute Gasteiger partial charge is 0.502 e. The van der Waals surface area contributed by atoms with E-state index in [4.69, 9.17) is 0 Å². The Morgan fingerprint density at radius 3 is 2.29 bits per heavy atom. The van der Waals surface area contributed by atoms with Crippen molar-refractivity contribution in [3.8, 4) is 0 Å². The van der Waals surface area contributed by atoms with E-state index in [9.17, 15) is 26.0 Å². The van der Waals surface area contributed by atoms with Gasteiger partial charge in [-0.15, -0.1) is 0 Å². The van der Waals surface area contributed by atoms with E-state index in [0.29, 0.717) is 12.1 Å². The number of hydrogen-bond acceptors (Lipinski definition) is 2. The highest BCUT2D eigenvalue weighted by Crippen LogP contribution is 2.31. The fraction of sp³-hybridized carbons (Fsp3) is 0.143. The van der Waals surface area contributed by atoms with Crippen LogP contribution in [0.4, 0.5) is 17.6 Å². The zero-order valence-electron chi connectivity index (χ0n) is 6.47. The minimum Gasteiger partial charge on any atom is -0.214 e. The molecule has 0 spiro atoms. The standard InChI is InChI=1S/C7H3F4O2S/c8-5-3-1-2-4-6(5)14(12,13)7(9,10)11/h2-4H. The summed E-state index contributed by atoms with van der Waals surface area (Å²) < 4.78 is 69.9. The maximum atomic E-state index is 12.7. The molecule has 0 saturated heterocycles. The average Bonchev–Trinajstić information content (AvgIpc) is 2.02. The third-order valence-corrected chi connectivity index (χ3v) is 2.89. The van der Waals surface area contributed by atoms with Crippen LogP contribution in [-0.2, 0) is 9.84 Å². The molecule has 0 aliphatic heterocycles. The Kier molecular flexibility index (Phi) is 2.53. The molecule has 0 aliphatic rings. The molecule has 0 heterocycles. The Hall–Kier alpha value is -1.11. The van der Waals surface area contributed by atoms with E-state index in [2.05, 4.69) is 6.07 Å². The van der Waals surface area contributed by atoms with Crippen molar-refractivity contribution in [3.05, 3.63) is 30.1 Å². The molecular formula is C7H3F4O2S. The number of halogens is 4. The predicted molar refractivity (Wildman–Crippen MR) is 38.5 cm³/mol. The van der Waals surface area contributed by atoms with Crippen LogP contribution in [0.2, 0.25) is 0 Å². The van der Waals surface area contributed by atoms with Crippen LogP contribution in [-0.4, -0.2) is 13.9 Å². The maximum Gasteiger partial charge on any atom is 0.502 e. The molecule has 0 atom stereocenters. The molecule has 14 heavy (non-hydrogen) atoms. The number of benzene rings is 1. The second kappa shape index (κ2) is 3.23. The second-order valence-corrected chi connectivity index (χ2v) is 4.22. The first-order valence-corrected chi connectivity index (χ1v) is 4.72. The van der Waals surface area contributed by atoms with Crippen LogP contribution in [0.5, 0.6) is 0 Å². The van der Waals surface area contributed by atoms with Gasteiger partial charge in [-0.25, -0.2) is 12.8 Å². The summed E-state index contributed by atoms with van der Waals surface area (Å²) in [6.07, 6.45) is 0. The van der Waals surface area contributed by atoms with Gasteiger partial charge >= 0.3 is 5.51 Å². The normalized spacial score (nSPS) is 12.9. The molecular weight excluding hydrogens is 224 g/mol. The minimum atomic E-state index is -5.60. The maximum absolute atomic E-state index is 12.7. The summed E-state index contributed by atoms with van der Waals surface area (Å²) in [4.78, 5) is -1.39. The highest BCUT2D eigenvalue weighted by molar-refractivity contribution is 7.92. The highest BCUT2D eigenvalue weighted by Gasteiger charge is 2.48. The third-order valence-electron chi connectivity index (χ3n) is 1.37. The Morgan fingerprint density at radius 1 is 1.29 bits per heavy atom. The zero-order valence-corrected chi connectivity index (χ0v) is 7.29. The van der Waals surface area contributed by atoms with Crippen molar-refractivity contribution in [2.24, 2.45) is 0 Å². The lowest BCUT2D eigenvalue weighted by Crippen LogP contribution is -2.24. The van der Waals surface area contributed by atoms with Gasteiger partial charge in [-0.3, -0.25) is 0 Å². The number of hydrogen-bond donors (Lipinski definition) is 0. The fourth-order valence-electron chi connectivity index (χ4n) is 0.738. The van der Waals surface area contributed by atoms with Gasteiger partial charge in [0.2, 0.25) is 0 Å². The molecule has 0 amide bonds. The van der Waals surface area contributed by atoms with E-state index in [-0.39, 0.29) is 0 Å². The SMILES string of the molecule is O=S(=O)(c1cc[c]cc1F)C(F)(F)F. The Bertz CT molecular complexity index is 435. The first-order valence-electron chi connectivity index (χ1n) is 3.24. The third kappa shape index (κ3) is 1.72. The number of alkyl halides is 3. The van der Waals surface area contributed by atoms with Crippen molar-refractivity contribution >= 4 is 9.84 Å². The van der Waals surface area contributed by atoms with Crippen LogP contribution in [0, 0.1) is 11.9 Å². The number of rotatable bonds is 1. The van der Waals surface area contributed by atoms with E-state index in [1.807, 2.05) is 0 Å². The molecule has 0 bridgehead atoms. The molecule has 0 N–H and O–H groups in total. The molecule has 0 saturated carbocycles. The molecule has 7 heteroatoms. The second-order valence-electron chi connectivity index (χ2n) is 2.31. The van der Waals surface area contributed by atoms with Crippen LogP contribution in [0.3, 0.4) is 0 Å². The van der Waals surface area contributed by atoms with Gasteiger partial charge in [0.25, 0.3) is 9.84 Å². The summed E-state index contributed by atoms with van der Waals surface area (Å²) >= 11 is 0. The smallest absolute Gasteiger partial charge is 0.214 e. The molecule has 0 aromatic heterocycles. The zero-order chi connectivity index (χ0) is 11.0. The van der Waals surface area contributed by atoms with Gasteiger partial charge in [0.1, 0.15) is 10.7 Å². The molecule has 2 nitrogen and oxygen atoms in total. The van der Waals surface area contributed by atoms with Crippen molar-refractivity contribution in [3.63, 3.8) is 0 Å². The van der Waals surface area contributed by atoms with Crippen molar-refractivity contribution < 1.29 is 26.0 Å². The summed E-state index contributed by atoms with van der Waals surface area (Å²) in [7, 11) is -5.60. The molecule has 0 aliphatic carbocycles. The van der Waals surface area contributed by atoms with Crippen molar-refractivity contribution in [1.82, 2.24) is 0 Å². The Balaban J connectivity index is 3.40. The predicted octanol–water partition coefficient (Wildman–Crippen LogP) is 1.92. The summed E-state index contributed by atoms with van der Waals surface area (Å²) in [5.74, 6) is -1.47. The topological polar surface area (TPSA) is 34.1 Å². The van der Waals surface area contributed by atoms with Gasteiger partial charge in [0.15, 0.2) is 0 Å². The van der Waals surface area contributed by atoms with Crippen LogP contribution in [0.15, 0.2) is 23.1 Å². The summed E-state index contributed by atoms with van der Waals surface area (Å²) in [6, 6.07) is 4.05. The van der Waals surface area contributed by atoms with Gasteiger partial charge < -0.3 is 0 Å². The summed E-state index contributed by atoms with van der Waals surface area (Å²) in [6.45, 7) is 0. The van der Waals surface area contributed by atoms with Crippen LogP contribution < -0.4 is 0 Å². The van der Waals surface area contributed by atoms with Crippen LogP contribution in [0.25, 0.3) is 0 Å². The van der Waals surface area contributed by atoms with E-state index in [1.165, 1.54) is 0 Å². The van der Waals surface area contributed by atoms with Gasteiger partial charge in [0.05, 0.1) is 0 Å². The van der Waals surface area contributed by atoms with Crippen molar-refractivity contribution in [2.75, 3.05) is 0 Å². The highest BCUT2D eigenvalue weighted by atomic mass is 32.2. The van der Waals surface area contributed by atoms with E-state index in [1.54, 1.807) is 0 Å². The van der Waals surface area contributed by atoms with Gasteiger partial charge in [-0.05, 0) is 18.2 Å². The summed E-state index contributed by atoms with van der Waals surface area (Å²) in [5.41, 5.74) is -5.49. The van der Waals surface area contributed by atoms with E-state index in [0.717, 1.165) is 6.07 Å². The molecule has 77 valence electrons. The quantitative estimate of drug-likeness (QED) is 0.687. The average molecular weight is 227 g/mol. The van der Waals surface area contributed by atoms with Gasteiger partial charge in [-0.2, -0.15) is 13.2 Å². The van der Waals surface area contributed by atoms with E-state index < -0.39 is 26.1 Å². The lowest BCUT2D eigenvalue weighted by Gasteiger charge is -2.07. The minimum absolute atomic E-state index is 0.512. The van der Waals surface area contributed by atoms with Gasteiger partial charge in [-0.1, -0.05) is 6.07 Å². The van der Waals surface area contributed by atoms with E-state index >= 15 is 0 Å². The van der Waals surface area contributed by atoms with Crippen LogP contribution >= 0.6 is 0 Å². The van der Waals surface area contributed by atoms with Crippen LogP contribution in [0.1, 0.15) is 0 Å². The molecule has 1 radical (unpaired) electrons. The molecule has 0 fully saturated rings. The Labute approximate surface area is 77.1 Å². The van der Waals surface area contributed by atoms with Gasteiger partial charge in [0, 0.05) is 0 Å². The molecule has 1 rings (SSSR count). The summed E-state index contributed by atoms with van der Waals surface area (Å²) in [5, 5.41) is 0. The Morgan fingerprint density at radius 2 is 1.86 bits per heavy atom. The fourth-order valence-corrected chi connectivity index (χ4v) is 1.55. The lowest BCUT2D eigenvalue weighted by atomic mass is 10.3. The van der Waals surface area contributed by atoms with Crippen molar-refractivity contribution in [1.29, 1.82) is 0 Å². The molecule has 1 aromatic rings. The monoisotopic (exact) mass is 227 g/mol. The molecule has 1 aromatic carbocycles. The van der Waals surface area contributed by atoms with Crippen molar-refractivity contribution in [2.45, 2.75) is 10.4 Å². The first kappa shape index (κ1) is 11.0. The molecule has 0 unspecified atom stereocenters. The number of sulfone groups is 1.